The Morgan fingerprint density at radius 2 is 1.95 bits per heavy atom. The van der Waals surface area contributed by atoms with Crippen molar-refractivity contribution < 1.29 is 4.74 Å². The quantitative estimate of drug-likeness (QED) is 0.723. The molecule has 0 heterocycles. The zero-order valence-corrected chi connectivity index (χ0v) is 13.4. The summed E-state index contributed by atoms with van der Waals surface area (Å²) in [5.74, 6) is 1.06. The number of hydrogen-bond donors (Lipinski definition) is 1. The van der Waals surface area contributed by atoms with Crippen LogP contribution >= 0.6 is 0 Å². The summed E-state index contributed by atoms with van der Waals surface area (Å²) in [5.41, 5.74) is 1.55. The third-order valence-electron chi connectivity index (χ3n) is 4.93. The molecule has 0 bridgehead atoms. The molecule has 0 radical (unpaired) electrons. The minimum absolute atomic E-state index is 0.118. The fourth-order valence-corrected chi connectivity index (χ4v) is 3.12. The van der Waals surface area contributed by atoms with E-state index >= 15 is 0 Å². The molecular weight excluding hydrogens is 258 g/mol. The Balaban J connectivity index is 1.50. The third kappa shape index (κ3) is 4.23. The Kier molecular flexibility index (Phi) is 4.84. The average molecular weight is 287 g/mol. The first-order chi connectivity index (χ1) is 10.3. The number of nitrogens with one attached hydrogen (secondary N) is 1. The smallest absolute Gasteiger partial charge is 0.120 e. The fraction of sp³-hybridized carbons (Fsp3) is 0.684. The first-order valence-corrected chi connectivity index (χ1v) is 8.81. The van der Waals surface area contributed by atoms with Crippen molar-refractivity contribution in [1.82, 2.24) is 5.32 Å². The number of benzene rings is 1. The maximum atomic E-state index is 6.36. The summed E-state index contributed by atoms with van der Waals surface area (Å²) >= 11 is 0. The highest BCUT2D eigenvalue weighted by Crippen LogP contribution is 2.39. The van der Waals surface area contributed by atoms with Crippen LogP contribution < -0.4 is 10.1 Å². The summed E-state index contributed by atoms with van der Waals surface area (Å²) in [4.78, 5) is 0. The summed E-state index contributed by atoms with van der Waals surface area (Å²) in [6.45, 7) is 3.35. The molecule has 21 heavy (non-hydrogen) atoms. The Morgan fingerprint density at radius 1 is 1.19 bits per heavy atom. The molecule has 0 spiro atoms. The summed E-state index contributed by atoms with van der Waals surface area (Å²) in [5, 5.41) is 3.62. The van der Waals surface area contributed by atoms with E-state index in [1.165, 1.54) is 56.9 Å². The molecule has 2 heteroatoms. The van der Waals surface area contributed by atoms with Crippen LogP contribution in [-0.2, 0) is 6.42 Å². The molecule has 2 nitrogen and oxygen atoms in total. The molecule has 0 unspecified atom stereocenters. The number of ether oxygens (including phenoxy) is 1. The van der Waals surface area contributed by atoms with Crippen molar-refractivity contribution in [3.8, 4) is 5.75 Å². The Morgan fingerprint density at radius 3 is 2.52 bits per heavy atom. The van der Waals surface area contributed by atoms with E-state index in [0.717, 1.165) is 24.8 Å². The van der Waals surface area contributed by atoms with Gasteiger partial charge in [-0.05, 0) is 75.6 Å². The van der Waals surface area contributed by atoms with E-state index in [4.69, 9.17) is 4.74 Å². The van der Waals surface area contributed by atoms with Crippen LogP contribution in [0.15, 0.2) is 24.3 Å². The van der Waals surface area contributed by atoms with Crippen LogP contribution in [0.4, 0.5) is 0 Å². The predicted molar refractivity (Wildman–Crippen MR) is 87.9 cm³/mol. The topological polar surface area (TPSA) is 21.3 Å². The SMILES string of the molecule is CCCCc1ccc(OC2(CCNC3CC3)CCC2)cc1. The van der Waals surface area contributed by atoms with E-state index in [2.05, 4.69) is 36.5 Å². The van der Waals surface area contributed by atoms with Crippen molar-refractivity contribution in [1.29, 1.82) is 0 Å². The van der Waals surface area contributed by atoms with Gasteiger partial charge in [0.1, 0.15) is 11.4 Å². The maximum Gasteiger partial charge on any atom is 0.120 e. The number of hydrogen-bond acceptors (Lipinski definition) is 2. The largest absolute Gasteiger partial charge is 0.487 e. The van der Waals surface area contributed by atoms with Crippen molar-refractivity contribution in [3.05, 3.63) is 29.8 Å². The molecule has 1 aromatic rings. The Bertz CT molecular complexity index is 431. The maximum absolute atomic E-state index is 6.36. The summed E-state index contributed by atoms with van der Waals surface area (Å²) in [7, 11) is 0. The van der Waals surface area contributed by atoms with E-state index in [1.54, 1.807) is 0 Å². The first kappa shape index (κ1) is 14.9. The van der Waals surface area contributed by atoms with Crippen LogP contribution in [0, 0.1) is 0 Å². The van der Waals surface area contributed by atoms with Gasteiger partial charge in [0.15, 0.2) is 0 Å². The summed E-state index contributed by atoms with van der Waals surface area (Å²) in [6.07, 6.45) is 11.4. The van der Waals surface area contributed by atoms with Crippen LogP contribution in [0.5, 0.6) is 5.75 Å². The number of aryl methyl sites for hydroxylation is 1. The second-order valence-corrected chi connectivity index (χ2v) is 6.86. The van der Waals surface area contributed by atoms with Gasteiger partial charge in [-0.2, -0.15) is 0 Å². The minimum Gasteiger partial charge on any atom is -0.487 e. The van der Waals surface area contributed by atoms with Crippen LogP contribution in [-0.4, -0.2) is 18.2 Å². The van der Waals surface area contributed by atoms with E-state index < -0.39 is 0 Å². The summed E-state index contributed by atoms with van der Waals surface area (Å²) < 4.78 is 6.36. The molecule has 0 aliphatic heterocycles. The van der Waals surface area contributed by atoms with Crippen LogP contribution in [0.3, 0.4) is 0 Å². The molecule has 1 aromatic carbocycles. The number of rotatable bonds is 9. The van der Waals surface area contributed by atoms with Gasteiger partial charge in [0.05, 0.1) is 0 Å². The molecule has 2 fully saturated rings. The molecule has 2 aliphatic rings. The Hall–Kier alpha value is -1.02. The Labute approximate surface area is 129 Å². The lowest BCUT2D eigenvalue weighted by atomic mass is 9.77. The normalized spacial score (nSPS) is 20.0. The van der Waals surface area contributed by atoms with E-state index in [9.17, 15) is 0 Å². The van der Waals surface area contributed by atoms with E-state index in [-0.39, 0.29) is 5.60 Å². The van der Waals surface area contributed by atoms with E-state index in [1.807, 2.05) is 0 Å². The van der Waals surface area contributed by atoms with Gasteiger partial charge in [0.2, 0.25) is 0 Å². The molecule has 0 saturated heterocycles. The van der Waals surface area contributed by atoms with Gasteiger partial charge >= 0.3 is 0 Å². The summed E-state index contributed by atoms with van der Waals surface area (Å²) in [6, 6.07) is 9.61. The van der Waals surface area contributed by atoms with Crippen LogP contribution in [0.2, 0.25) is 0 Å². The molecule has 2 saturated carbocycles. The molecule has 1 N–H and O–H groups in total. The lowest BCUT2D eigenvalue weighted by Gasteiger charge is -2.42. The molecule has 0 amide bonds. The lowest BCUT2D eigenvalue weighted by Crippen LogP contribution is -2.45. The fourth-order valence-electron chi connectivity index (χ4n) is 3.12. The van der Waals surface area contributed by atoms with Crippen molar-refractivity contribution in [2.75, 3.05) is 6.54 Å². The van der Waals surface area contributed by atoms with Crippen molar-refractivity contribution in [2.24, 2.45) is 0 Å². The lowest BCUT2D eigenvalue weighted by molar-refractivity contribution is -0.0143. The van der Waals surface area contributed by atoms with Gasteiger partial charge in [-0.1, -0.05) is 25.5 Å². The molecule has 0 atom stereocenters. The van der Waals surface area contributed by atoms with Crippen LogP contribution in [0.1, 0.15) is 63.9 Å². The van der Waals surface area contributed by atoms with Crippen molar-refractivity contribution in [3.63, 3.8) is 0 Å². The van der Waals surface area contributed by atoms with Gasteiger partial charge in [0, 0.05) is 6.04 Å². The van der Waals surface area contributed by atoms with Gasteiger partial charge in [-0.25, -0.2) is 0 Å². The van der Waals surface area contributed by atoms with Gasteiger partial charge in [-0.3, -0.25) is 0 Å². The average Bonchev–Trinajstić information content (AvgIpc) is 3.28. The standard InChI is InChI=1S/C19H29NO/c1-2-3-5-16-6-10-18(11-7-16)21-19(12-4-13-19)14-15-20-17-8-9-17/h6-7,10-11,17,20H,2-5,8-9,12-15H2,1H3. The van der Waals surface area contributed by atoms with Crippen LogP contribution in [0.25, 0.3) is 0 Å². The highest BCUT2D eigenvalue weighted by molar-refractivity contribution is 5.28. The first-order valence-electron chi connectivity index (χ1n) is 8.81. The van der Waals surface area contributed by atoms with Crippen molar-refractivity contribution in [2.45, 2.75) is 76.4 Å². The molecule has 0 aromatic heterocycles. The zero-order chi connectivity index (χ0) is 14.5. The molecular formula is C19H29NO. The van der Waals surface area contributed by atoms with Gasteiger partial charge in [-0.15, -0.1) is 0 Å². The predicted octanol–water partition coefficient (Wildman–Crippen LogP) is 4.47. The van der Waals surface area contributed by atoms with Gasteiger partial charge < -0.3 is 10.1 Å². The van der Waals surface area contributed by atoms with Gasteiger partial charge in [0.25, 0.3) is 0 Å². The minimum atomic E-state index is 0.118. The zero-order valence-electron chi connectivity index (χ0n) is 13.4. The highest BCUT2D eigenvalue weighted by Gasteiger charge is 2.39. The highest BCUT2D eigenvalue weighted by atomic mass is 16.5. The van der Waals surface area contributed by atoms with Crippen molar-refractivity contribution >= 4 is 0 Å². The monoisotopic (exact) mass is 287 g/mol. The second kappa shape index (κ2) is 6.83. The molecule has 3 rings (SSSR count). The molecule has 2 aliphatic carbocycles. The van der Waals surface area contributed by atoms with E-state index in [0.29, 0.717) is 0 Å². The third-order valence-corrected chi connectivity index (χ3v) is 4.93. The second-order valence-electron chi connectivity index (χ2n) is 6.86. The molecule has 116 valence electrons. The number of unbranched alkanes of at least 4 members (excludes halogenated alkanes) is 1.